The van der Waals surface area contributed by atoms with Crippen LogP contribution in [0.1, 0.15) is 24.0 Å². The van der Waals surface area contributed by atoms with Gasteiger partial charge in [0.05, 0.1) is 16.9 Å². The molecule has 0 aromatic heterocycles. The van der Waals surface area contributed by atoms with Crippen molar-refractivity contribution in [3.63, 3.8) is 0 Å². The third-order valence-electron chi connectivity index (χ3n) is 8.35. The zero-order valence-electron chi connectivity index (χ0n) is 23.4. The minimum atomic E-state index is -3.58. The van der Waals surface area contributed by atoms with E-state index in [1.807, 2.05) is 55.5 Å². The maximum absolute atomic E-state index is 13.4. The maximum atomic E-state index is 13.4. The predicted octanol–water partition coefficient (Wildman–Crippen LogP) is 4.01. The lowest BCUT2D eigenvalue weighted by molar-refractivity contribution is -0.118. The van der Waals surface area contributed by atoms with Crippen molar-refractivity contribution in [2.45, 2.75) is 30.1 Å². The van der Waals surface area contributed by atoms with Crippen LogP contribution in [0.2, 0.25) is 0 Å². The number of methoxy groups -OCH3 is 1. The molecule has 0 spiro atoms. The number of fused-ring (bicyclic) bond motifs is 1. The molecule has 2 aliphatic heterocycles. The van der Waals surface area contributed by atoms with Gasteiger partial charge in [-0.1, -0.05) is 24.3 Å². The molecule has 0 radical (unpaired) electrons. The molecule has 1 saturated carbocycles. The van der Waals surface area contributed by atoms with E-state index in [0.717, 1.165) is 41.6 Å². The maximum Gasteiger partial charge on any atom is 0.243 e. The number of rotatable bonds is 9. The molecular formula is C31H35N3O6S. The summed E-state index contributed by atoms with van der Waals surface area (Å²) >= 11 is 0. The number of nitrogens with one attached hydrogen (secondary N) is 1. The van der Waals surface area contributed by atoms with Crippen molar-refractivity contribution in [2.75, 3.05) is 58.6 Å². The Morgan fingerprint density at radius 1 is 0.951 bits per heavy atom. The minimum absolute atomic E-state index is 0.0464. The molecule has 1 saturated heterocycles. The Morgan fingerprint density at radius 2 is 1.68 bits per heavy atom. The van der Waals surface area contributed by atoms with E-state index >= 15 is 0 Å². The zero-order valence-corrected chi connectivity index (χ0v) is 24.2. The van der Waals surface area contributed by atoms with Gasteiger partial charge in [0.25, 0.3) is 0 Å². The van der Waals surface area contributed by atoms with Crippen LogP contribution >= 0.6 is 0 Å². The molecule has 9 nitrogen and oxygen atoms in total. The van der Waals surface area contributed by atoms with Crippen LogP contribution in [0.3, 0.4) is 0 Å². The van der Waals surface area contributed by atoms with Gasteiger partial charge in [0.1, 0.15) is 0 Å². The van der Waals surface area contributed by atoms with Crippen molar-refractivity contribution in [1.82, 2.24) is 9.21 Å². The minimum Gasteiger partial charge on any atom is -0.454 e. The standard InChI is InChI=1S/C31H35N3O6S/c1-22-3-7-25(32-30(35)31(11-12-31)24-6-10-28-29(19-24)40-21-39-28)20-27(22)23-4-8-26(9-5-23)41(36,37)34-15-13-33(14-16-34)17-18-38-2/h3-10,19-20H,11-18,21H2,1-2H3,(H,32,35). The number of piperazine rings is 1. The van der Waals surface area contributed by atoms with E-state index in [1.165, 1.54) is 0 Å². The van der Waals surface area contributed by atoms with Crippen molar-refractivity contribution >= 4 is 21.6 Å². The molecule has 3 aliphatic rings. The number of benzene rings is 3. The van der Waals surface area contributed by atoms with Crippen molar-refractivity contribution in [1.29, 1.82) is 0 Å². The van der Waals surface area contributed by atoms with Gasteiger partial charge in [0, 0.05) is 45.5 Å². The molecule has 41 heavy (non-hydrogen) atoms. The summed E-state index contributed by atoms with van der Waals surface area (Å²) in [6.07, 6.45) is 1.55. The van der Waals surface area contributed by atoms with Crippen molar-refractivity contribution in [3.05, 3.63) is 71.8 Å². The molecule has 216 valence electrons. The van der Waals surface area contributed by atoms with Crippen LogP contribution in [0.25, 0.3) is 11.1 Å². The molecule has 6 rings (SSSR count). The van der Waals surface area contributed by atoms with Crippen LogP contribution in [0.4, 0.5) is 5.69 Å². The van der Waals surface area contributed by atoms with Gasteiger partial charge in [-0.2, -0.15) is 4.31 Å². The first-order valence-electron chi connectivity index (χ1n) is 13.9. The van der Waals surface area contributed by atoms with E-state index in [2.05, 4.69) is 10.2 Å². The monoisotopic (exact) mass is 577 g/mol. The van der Waals surface area contributed by atoms with Crippen molar-refractivity contribution in [2.24, 2.45) is 0 Å². The highest BCUT2D eigenvalue weighted by molar-refractivity contribution is 7.89. The van der Waals surface area contributed by atoms with Crippen LogP contribution < -0.4 is 14.8 Å². The average Bonchev–Trinajstić information content (AvgIpc) is 3.68. The normalized spacial score (nSPS) is 18.3. The van der Waals surface area contributed by atoms with Crippen LogP contribution in [0.15, 0.2) is 65.6 Å². The summed E-state index contributed by atoms with van der Waals surface area (Å²) in [6.45, 7) is 5.94. The smallest absolute Gasteiger partial charge is 0.243 e. The first-order valence-corrected chi connectivity index (χ1v) is 15.4. The summed E-state index contributed by atoms with van der Waals surface area (Å²) < 4.78 is 44.2. The molecule has 1 aliphatic carbocycles. The third kappa shape index (κ3) is 5.44. The van der Waals surface area contributed by atoms with Gasteiger partial charge in [-0.25, -0.2) is 8.42 Å². The lowest BCUT2D eigenvalue weighted by atomic mass is 9.94. The molecule has 1 N–H and O–H groups in total. The highest BCUT2D eigenvalue weighted by Crippen LogP contribution is 2.51. The lowest BCUT2D eigenvalue weighted by Gasteiger charge is -2.33. The Hall–Kier alpha value is -3.44. The van der Waals surface area contributed by atoms with Gasteiger partial charge >= 0.3 is 0 Å². The molecule has 0 unspecified atom stereocenters. The second-order valence-electron chi connectivity index (χ2n) is 10.9. The van der Waals surface area contributed by atoms with E-state index in [1.54, 1.807) is 23.5 Å². The number of nitrogens with zero attached hydrogens (tertiary/aromatic N) is 2. The number of hydrogen-bond donors (Lipinski definition) is 1. The second kappa shape index (κ2) is 11.1. The number of amides is 1. The second-order valence-corrected chi connectivity index (χ2v) is 12.8. The van der Waals surface area contributed by atoms with Crippen LogP contribution in [-0.4, -0.2) is 76.8 Å². The predicted molar refractivity (Wildman–Crippen MR) is 156 cm³/mol. The third-order valence-corrected chi connectivity index (χ3v) is 10.3. The Balaban J connectivity index is 1.15. The summed E-state index contributed by atoms with van der Waals surface area (Å²) in [5.41, 5.74) is 3.91. The van der Waals surface area contributed by atoms with Gasteiger partial charge in [-0.05, 0) is 78.4 Å². The Labute approximate surface area is 241 Å². The van der Waals surface area contributed by atoms with E-state index in [-0.39, 0.29) is 17.6 Å². The molecule has 3 aromatic carbocycles. The SMILES string of the molecule is COCCN1CCN(S(=O)(=O)c2ccc(-c3cc(NC(=O)C4(c5ccc6c(c5)OCO6)CC4)ccc3C)cc2)CC1. The Bertz CT molecular complexity index is 1540. The molecule has 0 atom stereocenters. The van der Waals surface area contributed by atoms with Gasteiger partial charge in [-0.3, -0.25) is 9.69 Å². The summed E-state index contributed by atoms with van der Waals surface area (Å²) in [5, 5.41) is 3.12. The lowest BCUT2D eigenvalue weighted by Crippen LogP contribution is -2.49. The number of carbonyl (C=O) groups excluding carboxylic acids is 1. The Kier molecular flexibility index (Phi) is 7.50. The fourth-order valence-electron chi connectivity index (χ4n) is 5.60. The first kappa shape index (κ1) is 27.7. The quantitative estimate of drug-likeness (QED) is 0.411. The number of ether oxygens (including phenoxy) is 3. The van der Waals surface area contributed by atoms with E-state index in [0.29, 0.717) is 50.0 Å². The molecule has 10 heteroatoms. The number of sulfonamides is 1. The zero-order chi connectivity index (χ0) is 28.6. The molecular weight excluding hydrogens is 542 g/mol. The average molecular weight is 578 g/mol. The molecule has 2 fully saturated rings. The molecule has 1 amide bonds. The van der Waals surface area contributed by atoms with Crippen LogP contribution in [0.5, 0.6) is 11.5 Å². The van der Waals surface area contributed by atoms with Crippen molar-refractivity contribution in [3.8, 4) is 22.6 Å². The Morgan fingerprint density at radius 3 is 2.39 bits per heavy atom. The highest BCUT2D eigenvalue weighted by atomic mass is 32.2. The first-order chi connectivity index (χ1) is 19.8. The summed E-state index contributed by atoms with van der Waals surface area (Å²) in [4.78, 5) is 15.9. The number of aryl methyl sites for hydroxylation is 1. The topological polar surface area (TPSA) is 97.4 Å². The van der Waals surface area contributed by atoms with Crippen LogP contribution in [-0.2, 0) is 25.0 Å². The van der Waals surface area contributed by atoms with E-state index < -0.39 is 15.4 Å². The fourth-order valence-corrected chi connectivity index (χ4v) is 7.02. The van der Waals surface area contributed by atoms with E-state index in [9.17, 15) is 13.2 Å². The molecule has 0 bridgehead atoms. The molecule has 3 aromatic rings. The van der Waals surface area contributed by atoms with Gasteiger partial charge < -0.3 is 19.5 Å². The summed E-state index contributed by atoms with van der Waals surface area (Å²) in [6, 6.07) is 18.6. The van der Waals surface area contributed by atoms with Gasteiger partial charge in [0.2, 0.25) is 22.7 Å². The number of carbonyl (C=O) groups is 1. The summed E-state index contributed by atoms with van der Waals surface area (Å²) in [7, 11) is -1.91. The summed E-state index contributed by atoms with van der Waals surface area (Å²) in [5.74, 6) is 1.33. The van der Waals surface area contributed by atoms with Crippen LogP contribution in [0, 0.1) is 6.92 Å². The van der Waals surface area contributed by atoms with E-state index in [4.69, 9.17) is 14.2 Å². The fraction of sp³-hybridized carbons (Fsp3) is 0.387. The van der Waals surface area contributed by atoms with Crippen molar-refractivity contribution < 1.29 is 27.4 Å². The van der Waals surface area contributed by atoms with Gasteiger partial charge in [0.15, 0.2) is 11.5 Å². The van der Waals surface area contributed by atoms with Gasteiger partial charge in [-0.15, -0.1) is 0 Å². The largest absolute Gasteiger partial charge is 0.454 e. The number of hydrogen-bond acceptors (Lipinski definition) is 7. The molecule has 2 heterocycles. The number of anilines is 1. The highest BCUT2D eigenvalue weighted by Gasteiger charge is 2.51.